The van der Waals surface area contributed by atoms with Crippen LogP contribution in [0.5, 0.6) is 0 Å². The Hall–Kier alpha value is -3.74. The van der Waals surface area contributed by atoms with Gasteiger partial charge in [0.25, 0.3) is 5.91 Å². The summed E-state index contributed by atoms with van der Waals surface area (Å²) in [5, 5.41) is 22.7. The third-order valence-corrected chi connectivity index (χ3v) is 8.58. The number of aliphatic hydroxyl groups is 2. The largest absolute Gasteiger partial charge is 0.416 e. The fraction of sp³-hybridized carbons (Fsp3) is 0.276. The SMILES string of the molecule is CCS(=O)(=O)c1ccc([C@H](CO)NC(=O)c2ccc3c(c2)cc(Cc2ccc(F)cc2C(F)(F)F)n3CCO)cc1. The molecule has 0 spiro atoms. The highest BCUT2D eigenvalue weighted by Gasteiger charge is 2.34. The van der Waals surface area contributed by atoms with Crippen LogP contribution in [0, 0.1) is 5.82 Å². The molecule has 3 aromatic carbocycles. The highest BCUT2D eigenvalue weighted by Crippen LogP contribution is 2.34. The summed E-state index contributed by atoms with van der Waals surface area (Å²) in [5.74, 6) is -1.61. The van der Waals surface area contributed by atoms with E-state index in [0.29, 0.717) is 28.2 Å². The first kappa shape index (κ1) is 30.2. The van der Waals surface area contributed by atoms with Gasteiger partial charge in [-0.2, -0.15) is 13.2 Å². The zero-order chi connectivity index (χ0) is 29.9. The molecule has 0 aliphatic carbocycles. The number of carbonyl (C=O) groups excluding carboxylic acids is 1. The maximum Gasteiger partial charge on any atom is 0.416 e. The first-order valence-corrected chi connectivity index (χ1v) is 14.4. The maximum atomic E-state index is 13.6. The molecular weight excluding hydrogens is 564 g/mol. The number of alkyl halides is 3. The molecular formula is C29H28F4N2O5S. The van der Waals surface area contributed by atoms with Gasteiger partial charge in [-0.05, 0) is 59.7 Å². The van der Waals surface area contributed by atoms with Gasteiger partial charge >= 0.3 is 6.18 Å². The predicted molar refractivity (Wildman–Crippen MR) is 145 cm³/mol. The highest BCUT2D eigenvalue weighted by molar-refractivity contribution is 7.91. The van der Waals surface area contributed by atoms with Crippen LogP contribution in [-0.2, 0) is 29.0 Å². The van der Waals surface area contributed by atoms with Crippen LogP contribution in [0.25, 0.3) is 10.9 Å². The van der Waals surface area contributed by atoms with Crippen molar-refractivity contribution in [1.82, 2.24) is 9.88 Å². The Morgan fingerprint density at radius 1 is 1.00 bits per heavy atom. The van der Waals surface area contributed by atoms with Crippen molar-refractivity contribution in [1.29, 1.82) is 0 Å². The first-order chi connectivity index (χ1) is 19.4. The zero-order valence-corrected chi connectivity index (χ0v) is 22.8. The van der Waals surface area contributed by atoms with Gasteiger partial charge in [0.2, 0.25) is 0 Å². The lowest BCUT2D eigenvalue weighted by Crippen LogP contribution is -2.30. The molecule has 41 heavy (non-hydrogen) atoms. The van der Waals surface area contributed by atoms with E-state index in [2.05, 4.69) is 5.32 Å². The minimum absolute atomic E-state index is 0.0654. The number of hydrogen-bond donors (Lipinski definition) is 3. The van der Waals surface area contributed by atoms with Crippen LogP contribution in [0.4, 0.5) is 17.6 Å². The molecule has 4 rings (SSSR count). The number of nitrogens with zero attached hydrogens (tertiary/aromatic N) is 1. The lowest BCUT2D eigenvalue weighted by Gasteiger charge is -2.17. The van der Waals surface area contributed by atoms with E-state index in [1.54, 1.807) is 22.8 Å². The van der Waals surface area contributed by atoms with Crippen molar-refractivity contribution in [2.24, 2.45) is 0 Å². The molecule has 0 bridgehead atoms. The molecule has 0 saturated carbocycles. The summed E-state index contributed by atoms with van der Waals surface area (Å²) in [7, 11) is -3.41. The molecule has 0 radical (unpaired) electrons. The number of nitrogens with one attached hydrogen (secondary N) is 1. The second-order valence-electron chi connectivity index (χ2n) is 9.44. The Kier molecular flexibility index (Phi) is 8.86. The molecule has 3 N–H and O–H groups in total. The van der Waals surface area contributed by atoms with Gasteiger partial charge in [0.1, 0.15) is 5.82 Å². The molecule has 0 aliphatic heterocycles. The second kappa shape index (κ2) is 12.0. The molecule has 0 fully saturated rings. The van der Waals surface area contributed by atoms with Crippen LogP contribution in [0.2, 0.25) is 0 Å². The Morgan fingerprint density at radius 2 is 1.71 bits per heavy atom. The summed E-state index contributed by atoms with van der Waals surface area (Å²) in [4.78, 5) is 13.2. The standard InChI is InChI=1S/C29H28F4N2O5S/c1-2-41(39,40)24-8-4-18(5-9-24)26(17-37)34-28(38)20-6-10-27-21(13-20)15-23(35(27)11-12-36)14-19-3-7-22(30)16-25(19)29(31,32)33/h3-10,13,15-16,26,36-37H,2,11-12,14,17H2,1H3,(H,34,38)/t26-/m0/s1. The third kappa shape index (κ3) is 6.61. The van der Waals surface area contributed by atoms with Gasteiger partial charge in [-0.15, -0.1) is 0 Å². The van der Waals surface area contributed by atoms with Crippen molar-refractivity contribution in [2.75, 3.05) is 19.0 Å². The van der Waals surface area contributed by atoms with Crippen molar-refractivity contribution in [3.05, 3.63) is 100 Å². The lowest BCUT2D eigenvalue weighted by molar-refractivity contribution is -0.138. The number of carbonyl (C=O) groups is 1. The normalized spacial score (nSPS) is 13.0. The van der Waals surface area contributed by atoms with Crippen molar-refractivity contribution in [3.63, 3.8) is 0 Å². The minimum Gasteiger partial charge on any atom is -0.395 e. The van der Waals surface area contributed by atoms with Gasteiger partial charge in [0.05, 0.1) is 35.5 Å². The number of halogens is 4. The summed E-state index contributed by atoms with van der Waals surface area (Å²) in [6, 6.07) is 13.8. The fourth-order valence-corrected chi connectivity index (χ4v) is 5.58. The number of sulfone groups is 1. The van der Waals surface area contributed by atoms with Gasteiger partial charge in [-0.1, -0.05) is 25.1 Å². The van der Waals surface area contributed by atoms with E-state index in [0.717, 1.165) is 12.1 Å². The van der Waals surface area contributed by atoms with Gasteiger partial charge < -0.3 is 20.1 Å². The Morgan fingerprint density at radius 3 is 2.32 bits per heavy atom. The van der Waals surface area contributed by atoms with E-state index in [9.17, 15) is 41.0 Å². The topological polar surface area (TPSA) is 109 Å². The van der Waals surface area contributed by atoms with E-state index in [1.807, 2.05) is 0 Å². The monoisotopic (exact) mass is 592 g/mol. The Labute approximate surface area is 234 Å². The Bertz CT molecular complexity index is 1670. The fourth-order valence-electron chi connectivity index (χ4n) is 4.69. The summed E-state index contributed by atoms with van der Waals surface area (Å²) in [6.07, 6.45) is -4.95. The van der Waals surface area contributed by atoms with Crippen LogP contribution >= 0.6 is 0 Å². The molecule has 1 atom stereocenters. The lowest BCUT2D eigenvalue weighted by atomic mass is 10.0. The van der Waals surface area contributed by atoms with Gasteiger partial charge in [-0.25, -0.2) is 12.8 Å². The van der Waals surface area contributed by atoms with Crippen LogP contribution in [0.3, 0.4) is 0 Å². The van der Waals surface area contributed by atoms with Gasteiger partial charge in [0, 0.05) is 35.1 Å². The average Bonchev–Trinajstić information content (AvgIpc) is 3.28. The maximum absolute atomic E-state index is 13.6. The van der Waals surface area contributed by atoms with Gasteiger partial charge in [0.15, 0.2) is 9.84 Å². The summed E-state index contributed by atoms with van der Waals surface area (Å²) in [6.45, 7) is 0.874. The molecule has 0 unspecified atom stereocenters. The van der Waals surface area contributed by atoms with Gasteiger partial charge in [-0.3, -0.25) is 4.79 Å². The summed E-state index contributed by atoms with van der Waals surface area (Å²) < 4.78 is 80.1. The summed E-state index contributed by atoms with van der Waals surface area (Å²) in [5.41, 5.74) is 0.489. The van der Waals surface area contributed by atoms with Crippen molar-refractivity contribution in [3.8, 4) is 0 Å². The van der Waals surface area contributed by atoms with Crippen LogP contribution < -0.4 is 5.32 Å². The zero-order valence-electron chi connectivity index (χ0n) is 22.0. The van der Waals surface area contributed by atoms with Crippen LogP contribution in [-0.4, -0.2) is 48.1 Å². The molecule has 0 aliphatic rings. The number of aromatic nitrogens is 1. The van der Waals surface area contributed by atoms with E-state index in [-0.39, 0.29) is 41.3 Å². The molecule has 0 saturated heterocycles. The first-order valence-electron chi connectivity index (χ1n) is 12.7. The predicted octanol–water partition coefficient (Wildman–Crippen LogP) is 4.64. The number of fused-ring (bicyclic) bond motifs is 1. The molecule has 4 aromatic rings. The van der Waals surface area contributed by atoms with Crippen LogP contribution in [0.1, 0.15) is 45.7 Å². The van der Waals surface area contributed by atoms with Crippen molar-refractivity contribution < 1.29 is 41.0 Å². The number of rotatable bonds is 10. The number of hydrogen-bond acceptors (Lipinski definition) is 5. The summed E-state index contributed by atoms with van der Waals surface area (Å²) >= 11 is 0. The number of amides is 1. The molecule has 1 heterocycles. The smallest absolute Gasteiger partial charge is 0.395 e. The van der Waals surface area contributed by atoms with Crippen molar-refractivity contribution >= 4 is 26.6 Å². The molecule has 7 nitrogen and oxygen atoms in total. The third-order valence-electron chi connectivity index (χ3n) is 6.83. The van der Waals surface area contributed by atoms with Crippen LogP contribution in [0.15, 0.2) is 71.6 Å². The van der Waals surface area contributed by atoms with E-state index in [1.165, 1.54) is 37.3 Å². The van der Waals surface area contributed by atoms with E-state index >= 15 is 0 Å². The minimum atomic E-state index is -4.76. The molecule has 1 amide bonds. The molecule has 218 valence electrons. The van der Waals surface area contributed by atoms with Crippen molar-refractivity contribution in [2.45, 2.75) is 37.0 Å². The second-order valence-corrected chi connectivity index (χ2v) is 11.7. The Balaban J connectivity index is 1.62. The van der Waals surface area contributed by atoms with E-state index in [4.69, 9.17) is 0 Å². The molecule has 1 aromatic heterocycles. The quantitative estimate of drug-likeness (QED) is 0.233. The number of aliphatic hydroxyl groups excluding tert-OH is 2. The van der Waals surface area contributed by atoms with E-state index < -0.39 is 46.0 Å². The average molecular weight is 593 g/mol. The highest BCUT2D eigenvalue weighted by atomic mass is 32.2. The number of benzene rings is 3. The molecule has 12 heteroatoms.